The van der Waals surface area contributed by atoms with Crippen LogP contribution in [0.15, 0.2) is 24.3 Å². The molecule has 2 rings (SSSR count). The van der Waals surface area contributed by atoms with Crippen LogP contribution in [-0.2, 0) is 0 Å². The van der Waals surface area contributed by atoms with Gasteiger partial charge in [-0.25, -0.2) is 0 Å². The van der Waals surface area contributed by atoms with Gasteiger partial charge in [-0.1, -0.05) is 44.3 Å². The number of nitrogens with one attached hydrogen (secondary N) is 1. The Morgan fingerprint density at radius 1 is 1.05 bits per heavy atom. The molecule has 0 atom stereocenters. The normalized spacial score (nSPS) is 23.3. The molecule has 0 unspecified atom stereocenters. The van der Waals surface area contributed by atoms with Crippen molar-refractivity contribution in [3.05, 3.63) is 54.0 Å². The molecular weight excluding hydrogens is 246 g/mol. The zero-order chi connectivity index (χ0) is 14.3. The highest BCUT2D eigenvalue weighted by Crippen LogP contribution is 2.53. The average Bonchev–Trinajstić information content (AvgIpc) is 2.65. The molecule has 0 heterocycles. The summed E-state index contributed by atoms with van der Waals surface area (Å²) >= 11 is 0. The quantitative estimate of drug-likeness (QED) is 0.760. The van der Waals surface area contributed by atoms with E-state index in [0.29, 0.717) is 0 Å². The largest absolute Gasteiger partial charge is 0.332 e. The van der Waals surface area contributed by atoms with Crippen LogP contribution in [0.3, 0.4) is 0 Å². The lowest BCUT2D eigenvalue weighted by molar-refractivity contribution is 0.512. The molecule has 5 radical (unpaired) electrons. The van der Waals surface area contributed by atoms with Gasteiger partial charge in [-0.05, 0) is 45.1 Å². The van der Waals surface area contributed by atoms with Crippen molar-refractivity contribution in [2.75, 3.05) is 0 Å². The van der Waals surface area contributed by atoms with Crippen molar-refractivity contribution in [3.63, 3.8) is 0 Å². The van der Waals surface area contributed by atoms with Crippen LogP contribution in [0, 0.1) is 29.7 Å². The first-order valence-electron chi connectivity index (χ1n) is 7.22. The minimum Gasteiger partial charge on any atom is -0.332 e. The number of rotatable bonds is 3. The van der Waals surface area contributed by atoms with E-state index in [1.807, 2.05) is 0 Å². The highest BCUT2D eigenvalue weighted by molar-refractivity contribution is 6.82. The molecule has 19 heavy (non-hydrogen) atoms. The van der Waals surface area contributed by atoms with Gasteiger partial charge in [0.25, 0.3) is 0 Å². The summed E-state index contributed by atoms with van der Waals surface area (Å²) in [5.41, 5.74) is 1.72. The predicted molar refractivity (Wildman–Crippen MR) is 86.2 cm³/mol. The molecule has 0 aromatic heterocycles. The van der Waals surface area contributed by atoms with Crippen LogP contribution in [-0.4, -0.2) is 13.8 Å². The van der Waals surface area contributed by atoms with Gasteiger partial charge in [-0.2, -0.15) is 0 Å². The van der Waals surface area contributed by atoms with Gasteiger partial charge in [-0.3, -0.25) is 0 Å². The lowest BCUT2D eigenvalue weighted by atomic mass is 9.85. The third-order valence-corrected chi connectivity index (χ3v) is 6.76. The summed E-state index contributed by atoms with van der Waals surface area (Å²) < 4.78 is 0. The van der Waals surface area contributed by atoms with Gasteiger partial charge in [0.05, 0.1) is 0 Å². The number of fused-ring (bicyclic) bond motifs is 1. The van der Waals surface area contributed by atoms with Crippen molar-refractivity contribution in [1.29, 1.82) is 0 Å². The summed E-state index contributed by atoms with van der Waals surface area (Å²) in [7, 11) is -1.62. The first kappa shape index (κ1) is 15.1. The third-order valence-electron chi connectivity index (χ3n) is 3.62. The van der Waals surface area contributed by atoms with E-state index in [4.69, 9.17) is 0 Å². The molecular formula is C17H26NSi. The highest BCUT2D eigenvalue weighted by atomic mass is 28.3. The van der Waals surface area contributed by atoms with Crippen molar-refractivity contribution < 1.29 is 0 Å². The van der Waals surface area contributed by atoms with E-state index < -0.39 is 8.24 Å². The fourth-order valence-corrected chi connectivity index (χ4v) is 6.58. The Hall–Kier alpha value is -0.343. The van der Waals surface area contributed by atoms with Crippen molar-refractivity contribution >= 4 is 8.24 Å². The highest BCUT2D eigenvalue weighted by Gasteiger charge is 2.50. The first-order chi connectivity index (χ1) is 8.74. The molecule has 2 aliphatic rings. The Kier molecular flexibility index (Phi) is 4.13. The van der Waals surface area contributed by atoms with Gasteiger partial charge in [0.2, 0.25) is 0 Å². The van der Waals surface area contributed by atoms with Gasteiger partial charge in [0.15, 0.2) is 0 Å². The summed E-state index contributed by atoms with van der Waals surface area (Å²) in [6, 6.07) is 0. The van der Waals surface area contributed by atoms with Crippen LogP contribution in [0.2, 0.25) is 13.1 Å². The van der Waals surface area contributed by atoms with E-state index in [1.165, 1.54) is 17.8 Å². The standard InChI is InChI=1S/C17H26NSi/c1-7-13-12-16(15-11-9-8-10-14(13)15)19(5,6)18-17(2,3)4/h8-12,18H,7H2,1-6H3. The van der Waals surface area contributed by atoms with Crippen molar-refractivity contribution in [1.82, 2.24) is 4.98 Å². The Morgan fingerprint density at radius 3 is 2.16 bits per heavy atom. The summed E-state index contributed by atoms with van der Waals surface area (Å²) in [4.78, 5) is 3.88. The van der Waals surface area contributed by atoms with Crippen molar-refractivity contribution in [2.24, 2.45) is 0 Å². The Balaban J connectivity index is 2.20. The summed E-state index contributed by atoms with van der Waals surface area (Å²) in [5.74, 6) is 4.38. The van der Waals surface area contributed by atoms with Crippen LogP contribution < -0.4 is 4.98 Å². The second-order valence-corrected chi connectivity index (χ2v) is 11.0. The molecule has 0 aromatic rings. The van der Waals surface area contributed by atoms with Crippen LogP contribution in [0.25, 0.3) is 0 Å². The van der Waals surface area contributed by atoms with E-state index in [1.54, 1.807) is 5.54 Å². The SMILES string of the molecule is CC[C]1[CH][C]([Si](C)(C)NC(C)(C)C)[C]2C=CC=C[C]12. The van der Waals surface area contributed by atoms with Gasteiger partial charge in [-0.15, -0.1) is 0 Å². The molecule has 1 fully saturated rings. The number of allylic oxidation sites excluding steroid dienone is 4. The first-order valence-corrected chi connectivity index (χ1v) is 10.2. The second kappa shape index (κ2) is 5.21. The fourth-order valence-electron chi connectivity index (χ4n) is 3.14. The van der Waals surface area contributed by atoms with Gasteiger partial charge >= 0.3 is 0 Å². The molecule has 0 aromatic carbocycles. The second-order valence-electron chi connectivity index (χ2n) is 6.98. The predicted octanol–water partition coefficient (Wildman–Crippen LogP) is 4.17. The molecule has 0 bridgehead atoms. The molecule has 0 amide bonds. The molecule has 0 aliphatic heterocycles. The molecule has 2 heteroatoms. The Bertz CT molecular complexity index is 375. The topological polar surface area (TPSA) is 12.0 Å². The van der Waals surface area contributed by atoms with E-state index in [2.05, 4.69) is 76.5 Å². The molecule has 103 valence electrons. The summed E-state index contributed by atoms with van der Waals surface area (Å²) in [5, 5.41) is 0. The van der Waals surface area contributed by atoms with Crippen LogP contribution in [0.5, 0.6) is 0 Å². The molecule has 2 aliphatic carbocycles. The van der Waals surface area contributed by atoms with Crippen LogP contribution in [0.1, 0.15) is 34.1 Å². The Morgan fingerprint density at radius 2 is 1.63 bits per heavy atom. The number of hydrogen-bond donors (Lipinski definition) is 1. The summed E-state index contributed by atoms with van der Waals surface area (Å²) in [6.45, 7) is 13.9. The average molecular weight is 272 g/mol. The zero-order valence-electron chi connectivity index (χ0n) is 13.1. The third kappa shape index (κ3) is 3.22. The monoisotopic (exact) mass is 272 g/mol. The number of hydrogen-bond acceptors (Lipinski definition) is 1. The van der Waals surface area contributed by atoms with E-state index in [9.17, 15) is 0 Å². The maximum absolute atomic E-state index is 3.88. The van der Waals surface area contributed by atoms with Gasteiger partial charge < -0.3 is 4.98 Å². The molecule has 1 saturated carbocycles. The van der Waals surface area contributed by atoms with Crippen LogP contribution >= 0.6 is 0 Å². The maximum Gasteiger partial charge on any atom is 0.127 e. The minimum atomic E-state index is -1.62. The Labute approximate surface area is 120 Å². The molecule has 1 nitrogen and oxygen atoms in total. The van der Waals surface area contributed by atoms with Crippen molar-refractivity contribution in [2.45, 2.75) is 52.7 Å². The van der Waals surface area contributed by atoms with Crippen LogP contribution in [0.4, 0.5) is 0 Å². The van der Waals surface area contributed by atoms with Gasteiger partial charge in [0.1, 0.15) is 8.24 Å². The van der Waals surface area contributed by atoms with Gasteiger partial charge in [0, 0.05) is 17.4 Å². The zero-order valence-corrected chi connectivity index (χ0v) is 14.1. The van der Waals surface area contributed by atoms with Crippen molar-refractivity contribution in [3.8, 4) is 0 Å². The molecule has 1 N–H and O–H groups in total. The smallest absolute Gasteiger partial charge is 0.127 e. The molecule has 0 spiro atoms. The minimum absolute atomic E-state index is 0.167. The van der Waals surface area contributed by atoms with E-state index in [0.717, 1.165) is 6.42 Å². The van der Waals surface area contributed by atoms with E-state index in [-0.39, 0.29) is 5.54 Å². The maximum atomic E-state index is 3.88. The molecule has 0 saturated heterocycles. The summed E-state index contributed by atoms with van der Waals surface area (Å²) in [6.07, 6.45) is 12.4. The fraction of sp³-hybridized carbons (Fsp3) is 0.471. The lowest BCUT2D eigenvalue weighted by Gasteiger charge is -2.39. The van der Waals surface area contributed by atoms with E-state index >= 15 is 0 Å². The lowest BCUT2D eigenvalue weighted by Crippen LogP contribution is -2.58.